The van der Waals surface area contributed by atoms with Crippen molar-refractivity contribution in [2.75, 3.05) is 24.7 Å². The average Bonchev–Trinajstić information content (AvgIpc) is 3.25. The number of carbonyl (C=O) groups is 1. The standard InChI is InChI=1S/C19H18N4O3/c20-17(24)13-3-1-2-4-14(13)23-8-12-9-25-10-16(12)26-19-15(23)7-11-5-6-21-18(11)22-19/h1-7,12,16H,8-10H2,(H2,20,24)(H,21,22)/t12-,16-/m1/s1. The Hall–Kier alpha value is -3.06. The first-order chi connectivity index (χ1) is 12.7. The lowest BCUT2D eigenvalue weighted by atomic mass is 10.0. The molecule has 0 saturated carbocycles. The number of rotatable bonds is 2. The van der Waals surface area contributed by atoms with Gasteiger partial charge in [0.05, 0.1) is 24.5 Å². The lowest BCUT2D eigenvalue weighted by Gasteiger charge is -2.27. The number of amides is 1. The third-order valence-electron chi connectivity index (χ3n) is 5.05. The van der Waals surface area contributed by atoms with Crippen LogP contribution in [0.1, 0.15) is 10.4 Å². The van der Waals surface area contributed by atoms with E-state index in [0.717, 1.165) is 22.4 Å². The van der Waals surface area contributed by atoms with Crippen LogP contribution in [0.3, 0.4) is 0 Å². The molecule has 4 heterocycles. The minimum Gasteiger partial charge on any atom is -0.470 e. The van der Waals surface area contributed by atoms with Gasteiger partial charge in [0.2, 0.25) is 5.88 Å². The van der Waals surface area contributed by atoms with Gasteiger partial charge in [-0.05, 0) is 24.3 Å². The van der Waals surface area contributed by atoms with E-state index in [1.54, 1.807) is 6.07 Å². The van der Waals surface area contributed by atoms with Crippen molar-refractivity contribution in [2.45, 2.75) is 6.10 Å². The van der Waals surface area contributed by atoms with Crippen LogP contribution in [0.5, 0.6) is 5.88 Å². The summed E-state index contributed by atoms with van der Waals surface area (Å²) in [6, 6.07) is 11.4. The van der Waals surface area contributed by atoms with Crippen molar-refractivity contribution < 1.29 is 14.3 Å². The smallest absolute Gasteiger partial charge is 0.250 e. The van der Waals surface area contributed by atoms with Gasteiger partial charge in [0.25, 0.3) is 5.91 Å². The van der Waals surface area contributed by atoms with E-state index in [9.17, 15) is 4.79 Å². The van der Waals surface area contributed by atoms with E-state index in [1.807, 2.05) is 36.5 Å². The van der Waals surface area contributed by atoms with Crippen molar-refractivity contribution in [1.29, 1.82) is 0 Å². The van der Waals surface area contributed by atoms with Crippen LogP contribution in [0.25, 0.3) is 11.0 Å². The van der Waals surface area contributed by atoms with Gasteiger partial charge in [0.1, 0.15) is 17.4 Å². The molecular formula is C19H18N4O3. The zero-order chi connectivity index (χ0) is 17.7. The number of benzene rings is 1. The van der Waals surface area contributed by atoms with Gasteiger partial charge in [-0.25, -0.2) is 0 Å². The summed E-state index contributed by atoms with van der Waals surface area (Å²) >= 11 is 0. The molecule has 5 rings (SSSR count). The fourth-order valence-electron chi connectivity index (χ4n) is 3.74. The minimum atomic E-state index is -0.456. The van der Waals surface area contributed by atoms with E-state index in [2.05, 4.69) is 14.9 Å². The Morgan fingerprint density at radius 1 is 1.23 bits per heavy atom. The van der Waals surface area contributed by atoms with Crippen LogP contribution >= 0.6 is 0 Å². The monoisotopic (exact) mass is 350 g/mol. The second-order valence-electron chi connectivity index (χ2n) is 6.67. The van der Waals surface area contributed by atoms with Crippen molar-refractivity contribution in [3.8, 4) is 5.88 Å². The molecule has 0 bridgehead atoms. The number of H-pyrrole nitrogens is 1. The predicted molar refractivity (Wildman–Crippen MR) is 96.8 cm³/mol. The van der Waals surface area contributed by atoms with E-state index >= 15 is 0 Å². The molecule has 1 amide bonds. The maximum absolute atomic E-state index is 12.0. The molecule has 3 N–H and O–H groups in total. The van der Waals surface area contributed by atoms with Crippen LogP contribution in [0.2, 0.25) is 0 Å². The summed E-state index contributed by atoms with van der Waals surface area (Å²) in [7, 11) is 0. The average molecular weight is 350 g/mol. The van der Waals surface area contributed by atoms with Gasteiger partial charge in [-0.3, -0.25) is 4.79 Å². The number of carbonyl (C=O) groups excluding carboxylic acids is 1. The molecule has 2 aliphatic rings. The molecule has 2 aromatic heterocycles. The van der Waals surface area contributed by atoms with Gasteiger partial charge in [0.15, 0.2) is 0 Å². The highest BCUT2D eigenvalue weighted by Gasteiger charge is 2.37. The molecule has 26 heavy (non-hydrogen) atoms. The SMILES string of the molecule is NC(=O)c1ccccc1N1C[C@@H]2COC[C@H]2Oc2nc3[nH]ccc3cc21. The Morgan fingerprint density at radius 3 is 3.00 bits per heavy atom. The molecule has 3 aromatic rings. The molecule has 1 saturated heterocycles. The Bertz CT molecular complexity index is 999. The maximum atomic E-state index is 12.0. The summed E-state index contributed by atoms with van der Waals surface area (Å²) < 4.78 is 11.8. The molecule has 7 heteroatoms. The maximum Gasteiger partial charge on any atom is 0.250 e. The third-order valence-corrected chi connectivity index (χ3v) is 5.05. The van der Waals surface area contributed by atoms with Gasteiger partial charge in [0, 0.05) is 24.0 Å². The number of aromatic amines is 1. The highest BCUT2D eigenvalue weighted by Crippen LogP contribution is 2.41. The van der Waals surface area contributed by atoms with Crippen molar-refractivity contribution in [2.24, 2.45) is 11.7 Å². The summed E-state index contributed by atoms with van der Waals surface area (Å²) in [4.78, 5) is 21.8. The number of hydrogen-bond donors (Lipinski definition) is 2. The number of anilines is 2. The quantitative estimate of drug-likeness (QED) is 0.739. The van der Waals surface area contributed by atoms with Gasteiger partial charge in [-0.1, -0.05) is 12.1 Å². The second-order valence-corrected chi connectivity index (χ2v) is 6.67. The molecule has 2 atom stereocenters. The molecule has 0 unspecified atom stereocenters. The number of aromatic nitrogens is 2. The van der Waals surface area contributed by atoms with E-state index in [-0.39, 0.29) is 12.0 Å². The number of nitrogens with zero attached hydrogens (tertiary/aromatic N) is 2. The van der Waals surface area contributed by atoms with Gasteiger partial charge in [-0.15, -0.1) is 0 Å². The van der Waals surface area contributed by atoms with E-state index in [0.29, 0.717) is 31.2 Å². The number of fused-ring (bicyclic) bond motifs is 3. The number of hydrogen-bond acceptors (Lipinski definition) is 5. The van der Waals surface area contributed by atoms with Crippen molar-refractivity contribution in [3.05, 3.63) is 48.2 Å². The van der Waals surface area contributed by atoms with Crippen LogP contribution in [-0.4, -0.2) is 41.7 Å². The van der Waals surface area contributed by atoms with Gasteiger partial charge >= 0.3 is 0 Å². The molecule has 0 radical (unpaired) electrons. The number of nitrogens with one attached hydrogen (secondary N) is 1. The summed E-state index contributed by atoms with van der Waals surface area (Å²) in [5, 5.41) is 0.984. The molecular weight excluding hydrogens is 332 g/mol. The summed E-state index contributed by atoms with van der Waals surface area (Å²) in [6.45, 7) is 1.82. The van der Waals surface area contributed by atoms with Crippen LogP contribution in [0, 0.1) is 5.92 Å². The molecule has 1 fully saturated rings. The summed E-state index contributed by atoms with van der Waals surface area (Å²) in [5.74, 6) is 0.267. The van der Waals surface area contributed by atoms with Gasteiger partial charge in [-0.2, -0.15) is 4.98 Å². The number of pyridine rings is 1. The minimum absolute atomic E-state index is 0.0561. The topological polar surface area (TPSA) is 93.5 Å². The normalized spacial score (nSPS) is 21.8. The molecule has 2 aliphatic heterocycles. The Morgan fingerprint density at radius 2 is 2.12 bits per heavy atom. The highest BCUT2D eigenvalue weighted by molar-refractivity contribution is 6.00. The van der Waals surface area contributed by atoms with Crippen molar-refractivity contribution >= 4 is 28.3 Å². The molecule has 1 aromatic carbocycles. The lowest BCUT2D eigenvalue weighted by Crippen LogP contribution is -2.32. The van der Waals surface area contributed by atoms with Crippen molar-refractivity contribution in [1.82, 2.24) is 9.97 Å². The molecule has 0 aliphatic carbocycles. The third kappa shape index (κ3) is 2.32. The number of para-hydroxylation sites is 1. The second kappa shape index (κ2) is 5.74. The largest absolute Gasteiger partial charge is 0.470 e. The summed E-state index contributed by atoms with van der Waals surface area (Å²) in [5.41, 5.74) is 8.46. The Balaban J connectivity index is 1.72. The number of primary amides is 1. The fourth-order valence-corrected chi connectivity index (χ4v) is 3.74. The fraction of sp³-hybridized carbons (Fsp3) is 0.263. The van der Waals surface area contributed by atoms with Gasteiger partial charge < -0.3 is 25.1 Å². The highest BCUT2D eigenvalue weighted by atomic mass is 16.6. The van der Waals surface area contributed by atoms with E-state index < -0.39 is 5.91 Å². The summed E-state index contributed by atoms with van der Waals surface area (Å²) in [6.07, 6.45) is 1.79. The van der Waals surface area contributed by atoms with Crippen LogP contribution in [-0.2, 0) is 4.74 Å². The zero-order valence-electron chi connectivity index (χ0n) is 14.0. The van der Waals surface area contributed by atoms with E-state index in [1.165, 1.54) is 0 Å². The molecule has 7 nitrogen and oxygen atoms in total. The van der Waals surface area contributed by atoms with Crippen LogP contribution in [0.4, 0.5) is 11.4 Å². The zero-order valence-corrected chi connectivity index (χ0v) is 14.0. The molecule has 132 valence electrons. The first-order valence-electron chi connectivity index (χ1n) is 8.59. The van der Waals surface area contributed by atoms with E-state index in [4.69, 9.17) is 15.2 Å². The first-order valence-corrected chi connectivity index (χ1v) is 8.59. The van der Waals surface area contributed by atoms with Crippen molar-refractivity contribution in [3.63, 3.8) is 0 Å². The first kappa shape index (κ1) is 15.2. The lowest BCUT2D eigenvalue weighted by molar-refractivity contribution is 0.100. The number of ether oxygens (including phenoxy) is 2. The molecule has 0 spiro atoms. The van der Waals surface area contributed by atoms with Crippen LogP contribution in [0.15, 0.2) is 42.6 Å². The number of nitrogens with two attached hydrogens (primary N) is 1. The Labute approximate surface area is 149 Å². The Kier molecular flexibility index (Phi) is 3.36. The van der Waals surface area contributed by atoms with Crippen LogP contribution < -0.4 is 15.4 Å². The predicted octanol–water partition coefficient (Wildman–Crippen LogP) is 2.21.